The van der Waals surface area contributed by atoms with E-state index in [1.54, 1.807) is 11.1 Å². The maximum atomic E-state index is 12.9. The molecule has 1 N–H and O–H groups in total. The van der Waals surface area contributed by atoms with Gasteiger partial charge in [-0.05, 0) is 24.3 Å². The molecule has 1 aromatic heterocycles. The van der Waals surface area contributed by atoms with Crippen molar-refractivity contribution in [2.24, 2.45) is 7.05 Å². The number of ether oxygens (including phenoxy) is 1. The van der Waals surface area contributed by atoms with Crippen molar-refractivity contribution in [1.29, 1.82) is 0 Å². The van der Waals surface area contributed by atoms with Crippen LogP contribution in [-0.4, -0.2) is 52.8 Å². The molecule has 26 heavy (non-hydrogen) atoms. The van der Waals surface area contributed by atoms with Crippen LogP contribution in [0.4, 0.5) is 13.2 Å². The zero-order valence-corrected chi connectivity index (χ0v) is 14.2. The molecule has 2 aromatic rings. The number of alkyl halides is 3. The van der Waals surface area contributed by atoms with E-state index in [1.165, 1.54) is 24.3 Å². The first-order chi connectivity index (χ1) is 12.3. The fraction of sp³-hybridized carbons (Fsp3) is 0.412. The van der Waals surface area contributed by atoms with Crippen LogP contribution in [0.1, 0.15) is 22.2 Å². The van der Waals surface area contributed by atoms with E-state index in [0.29, 0.717) is 25.2 Å². The maximum Gasteiger partial charge on any atom is 0.422 e. The predicted octanol–water partition coefficient (Wildman–Crippen LogP) is 2.15. The number of rotatable bonds is 4. The van der Waals surface area contributed by atoms with Crippen molar-refractivity contribution in [2.75, 3.05) is 26.2 Å². The van der Waals surface area contributed by atoms with E-state index in [-0.39, 0.29) is 17.7 Å². The summed E-state index contributed by atoms with van der Waals surface area (Å²) in [5, 5.41) is 3.25. The van der Waals surface area contributed by atoms with Crippen LogP contribution in [0.25, 0.3) is 0 Å². The van der Waals surface area contributed by atoms with Gasteiger partial charge in [0.15, 0.2) is 6.61 Å². The number of nitrogens with one attached hydrogen (secondary N) is 1. The number of imidazole rings is 1. The highest BCUT2D eigenvalue weighted by molar-refractivity contribution is 5.94. The molecule has 0 radical (unpaired) electrons. The van der Waals surface area contributed by atoms with Gasteiger partial charge in [-0.1, -0.05) is 0 Å². The molecule has 1 saturated heterocycles. The highest BCUT2D eigenvalue weighted by Crippen LogP contribution is 2.24. The van der Waals surface area contributed by atoms with E-state index in [1.807, 2.05) is 17.8 Å². The monoisotopic (exact) mass is 368 g/mol. The van der Waals surface area contributed by atoms with E-state index >= 15 is 0 Å². The van der Waals surface area contributed by atoms with E-state index in [4.69, 9.17) is 0 Å². The minimum absolute atomic E-state index is 0.0693. The van der Waals surface area contributed by atoms with Gasteiger partial charge in [-0.3, -0.25) is 4.79 Å². The van der Waals surface area contributed by atoms with Crippen LogP contribution in [0, 0.1) is 0 Å². The number of aryl methyl sites for hydroxylation is 1. The third kappa shape index (κ3) is 4.16. The molecular weight excluding hydrogens is 349 g/mol. The molecule has 0 saturated carbocycles. The third-order valence-corrected chi connectivity index (χ3v) is 4.16. The van der Waals surface area contributed by atoms with Crippen LogP contribution in [0.2, 0.25) is 0 Å². The van der Waals surface area contributed by atoms with Crippen molar-refractivity contribution in [3.8, 4) is 5.75 Å². The maximum absolute atomic E-state index is 12.9. The van der Waals surface area contributed by atoms with Crippen LogP contribution in [0.3, 0.4) is 0 Å². The molecule has 0 spiro atoms. The Morgan fingerprint density at radius 1 is 1.35 bits per heavy atom. The van der Waals surface area contributed by atoms with Crippen LogP contribution in [-0.2, 0) is 7.05 Å². The summed E-state index contributed by atoms with van der Waals surface area (Å²) in [7, 11) is 1.87. The van der Waals surface area contributed by atoms with E-state index < -0.39 is 12.8 Å². The van der Waals surface area contributed by atoms with E-state index in [2.05, 4.69) is 15.0 Å². The van der Waals surface area contributed by atoms with Gasteiger partial charge >= 0.3 is 6.18 Å². The molecule has 6 nitrogen and oxygen atoms in total. The van der Waals surface area contributed by atoms with Crippen LogP contribution in [0.15, 0.2) is 36.7 Å². The molecule has 1 atom stereocenters. The minimum Gasteiger partial charge on any atom is -0.484 e. The minimum atomic E-state index is -4.40. The van der Waals surface area contributed by atoms with Gasteiger partial charge in [-0.25, -0.2) is 4.98 Å². The molecule has 1 fully saturated rings. The summed E-state index contributed by atoms with van der Waals surface area (Å²) in [6.45, 7) is 0.408. The average molecular weight is 368 g/mol. The Hall–Kier alpha value is -2.55. The van der Waals surface area contributed by atoms with Gasteiger partial charge < -0.3 is 19.5 Å². The predicted molar refractivity (Wildman–Crippen MR) is 87.8 cm³/mol. The second-order valence-electron chi connectivity index (χ2n) is 6.04. The molecule has 3 rings (SSSR count). The largest absolute Gasteiger partial charge is 0.484 e. The van der Waals surface area contributed by atoms with Gasteiger partial charge in [0.2, 0.25) is 0 Å². The molecule has 1 aliphatic rings. The van der Waals surface area contributed by atoms with Crippen LogP contribution in [0.5, 0.6) is 5.75 Å². The van der Waals surface area contributed by atoms with Gasteiger partial charge in [-0.15, -0.1) is 0 Å². The Bertz CT molecular complexity index is 758. The van der Waals surface area contributed by atoms with Crippen molar-refractivity contribution < 1.29 is 22.7 Å². The Labute approximate surface area is 148 Å². The van der Waals surface area contributed by atoms with E-state index in [0.717, 1.165) is 5.82 Å². The SMILES string of the molecule is Cn1ccnc1C1CNCCN1C(=O)c1ccc(OCC(F)(F)F)cc1. The summed E-state index contributed by atoms with van der Waals surface area (Å²) in [6.07, 6.45) is -0.899. The summed E-state index contributed by atoms with van der Waals surface area (Å²) in [5.74, 6) is 0.650. The fourth-order valence-electron chi connectivity index (χ4n) is 2.90. The topological polar surface area (TPSA) is 59.4 Å². The van der Waals surface area contributed by atoms with Crippen molar-refractivity contribution >= 4 is 5.91 Å². The number of amides is 1. The Kier molecular flexibility index (Phi) is 5.17. The quantitative estimate of drug-likeness (QED) is 0.899. The molecule has 140 valence electrons. The molecule has 0 bridgehead atoms. The van der Waals surface area contributed by atoms with Crippen LogP contribution < -0.4 is 10.1 Å². The normalized spacial score (nSPS) is 18.0. The first-order valence-electron chi connectivity index (χ1n) is 8.14. The standard InChI is InChI=1S/C17H19F3N4O2/c1-23-8-7-22-15(23)14-10-21-6-9-24(14)16(25)12-2-4-13(5-3-12)26-11-17(18,19)20/h2-5,7-8,14,21H,6,9-11H2,1H3. The van der Waals surface area contributed by atoms with Gasteiger partial charge in [0.1, 0.15) is 17.6 Å². The van der Waals surface area contributed by atoms with Gasteiger partial charge in [0.05, 0.1) is 0 Å². The molecule has 1 aromatic carbocycles. The Balaban J connectivity index is 1.74. The third-order valence-electron chi connectivity index (χ3n) is 4.16. The molecule has 1 aliphatic heterocycles. The van der Waals surface area contributed by atoms with Crippen molar-refractivity contribution in [3.05, 3.63) is 48.0 Å². The summed E-state index contributed by atoms with van der Waals surface area (Å²) >= 11 is 0. The number of nitrogens with zero attached hydrogens (tertiary/aromatic N) is 3. The molecular formula is C17H19F3N4O2. The first-order valence-corrected chi connectivity index (χ1v) is 8.14. The number of halogens is 3. The number of aromatic nitrogens is 2. The molecule has 0 aliphatic carbocycles. The Morgan fingerprint density at radius 2 is 2.08 bits per heavy atom. The second kappa shape index (κ2) is 7.36. The van der Waals surface area contributed by atoms with Crippen molar-refractivity contribution in [1.82, 2.24) is 19.8 Å². The summed E-state index contributed by atoms with van der Waals surface area (Å²) in [4.78, 5) is 18.9. The summed E-state index contributed by atoms with van der Waals surface area (Å²) in [5.41, 5.74) is 0.394. The lowest BCUT2D eigenvalue weighted by atomic mass is 10.1. The van der Waals surface area contributed by atoms with Crippen molar-refractivity contribution in [3.63, 3.8) is 0 Å². The number of benzene rings is 1. The highest BCUT2D eigenvalue weighted by atomic mass is 19.4. The second-order valence-corrected chi connectivity index (χ2v) is 6.04. The number of carbonyl (C=O) groups excluding carboxylic acids is 1. The van der Waals surface area contributed by atoms with Crippen molar-refractivity contribution in [2.45, 2.75) is 12.2 Å². The lowest BCUT2D eigenvalue weighted by Gasteiger charge is -2.35. The zero-order valence-electron chi connectivity index (χ0n) is 14.2. The average Bonchev–Trinajstić information content (AvgIpc) is 3.05. The van der Waals surface area contributed by atoms with Gasteiger partial charge in [-0.2, -0.15) is 13.2 Å². The lowest BCUT2D eigenvalue weighted by Crippen LogP contribution is -2.49. The summed E-state index contributed by atoms with van der Waals surface area (Å²) < 4.78 is 43.1. The molecule has 9 heteroatoms. The number of hydrogen-bond donors (Lipinski definition) is 1. The molecule has 1 unspecified atom stereocenters. The number of piperazine rings is 1. The molecule has 1 amide bonds. The number of hydrogen-bond acceptors (Lipinski definition) is 4. The smallest absolute Gasteiger partial charge is 0.422 e. The lowest BCUT2D eigenvalue weighted by molar-refractivity contribution is -0.153. The highest BCUT2D eigenvalue weighted by Gasteiger charge is 2.31. The summed E-state index contributed by atoms with van der Waals surface area (Å²) in [6, 6.07) is 5.49. The van der Waals surface area contributed by atoms with Gasteiger partial charge in [0.25, 0.3) is 5.91 Å². The Morgan fingerprint density at radius 3 is 2.69 bits per heavy atom. The first kappa shape index (κ1) is 18.2. The zero-order chi connectivity index (χ0) is 18.7. The van der Waals surface area contributed by atoms with E-state index in [9.17, 15) is 18.0 Å². The number of carbonyl (C=O) groups is 1. The fourth-order valence-corrected chi connectivity index (χ4v) is 2.90. The van der Waals surface area contributed by atoms with Crippen LogP contribution >= 0.6 is 0 Å². The van der Waals surface area contributed by atoms with Gasteiger partial charge in [0, 0.05) is 44.6 Å². The molecule has 2 heterocycles.